The Hall–Kier alpha value is -1.90. The Morgan fingerprint density at radius 1 is 1.46 bits per heavy atom. The second-order valence-corrected chi connectivity index (χ2v) is 8.03. The summed E-state index contributed by atoms with van der Waals surface area (Å²) in [7, 11) is 1.66. The Morgan fingerprint density at radius 2 is 2.25 bits per heavy atom. The summed E-state index contributed by atoms with van der Waals surface area (Å²) in [5.74, 6) is -0.261. The summed E-state index contributed by atoms with van der Waals surface area (Å²) in [5, 5.41) is 3.05. The zero-order chi connectivity index (χ0) is 20.3. The van der Waals surface area contributed by atoms with Crippen molar-refractivity contribution in [3.63, 3.8) is 0 Å². The minimum atomic E-state index is -0.409. The second-order valence-electron chi connectivity index (χ2n) is 6.79. The molecule has 1 aliphatic heterocycles. The van der Waals surface area contributed by atoms with Gasteiger partial charge in [0.25, 0.3) is 0 Å². The molecule has 3 rings (SSSR count). The Bertz CT molecular complexity index is 831. The number of esters is 1. The lowest BCUT2D eigenvalue weighted by Crippen LogP contribution is -2.45. The van der Waals surface area contributed by atoms with Crippen molar-refractivity contribution >= 4 is 39.8 Å². The van der Waals surface area contributed by atoms with Crippen LogP contribution in [0.15, 0.2) is 11.4 Å². The number of hydrogen-bond donors (Lipinski definition) is 1. The third-order valence-electron chi connectivity index (χ3n) is 4.95. The number of thiazole rings is 1. The number of carbonyl (C=O) groups excluding carboxylic acids is 2. The highest BCUT2D eigenvalue weighted by Crippen LogP contribution is 2.30. The van der Waals surface area contributed by atoms with Crippen molar-refractivity contribution in [2.45, 2.75) is 32.8 Å². The van der Waals surface area contributed by atoms with E-state index in [9.17, 15) is 9.59 Å². The summed E-state index contributed by atoms with van der Waals surface area (Å²) >= 11 is 7.46. The minimum absolute atomic E-state index is 0.0364. The van der Waals surface area contributed by atoms with Crippen molar-refractivity contribution in [3.8, 4) is 0 Å². The van der Waals surface area contributed by atoms with Crippen LogP contribution in [-0.4, -0.2) is 54.6 Å². The predicted molar refractivity (Wildman–Crippen MR) is 109 cm³/mol. The van der Waals surface area contributed by atoms with E-state index in [1.165, 1.54) is 11.3 Å². The topological polar surface area (TPSA) is 84.5 Å². The molecule has 0 radical (unpaired) electrons. The molecule has 7 nitrogen and oxygen atoms in total. The fourth-order valence-electron chi connectivity index (χ4n) is 3.38. The molecule has 0 saturated carbocycles. The van der Waals surface area contributed by atoms with E-state index in [2.05, 4.69) is 14.9 Å². The number of nitrogens with one attached hydrogen (secondary N) is 1. The molecule has 2 atom stereocenters. The largest absolute Gasteiger partial charge is 0.461 e. The maximum atomic E-state index is 12.6. The van der Waals surface area contributed by atoms with Crippen LogP contribution >= 0.6 is 22.9 Å². The van der Waals surface area contributed by atoms with Crippen LogP contribution in [0.4, 0.5) is 5.13 Å². The van der Waals surface area contributed by atoms with Crippen molar-refractivity contribution in [2.24, 2.45) is 5.92 Å². The molecular formula is C19H24ClN3O4S. The number of aromatic amines is 1. The SMILES string of the molecule is CCOC(=O)c1csc(N2CCC(CC(=O)c3cc(Cl)c(C)[nH]3)C(OC)C2)n1. The highest BCUT2D eigenvalue weighted by Gasteiger charge is 2.32. The number of ketones is 1. The van der Waals surface area contributed by atoms with Gasteiger partial charge in [-0.15, -0.1) is 11.3 Å². The smallest absolute Gasteiger partial charge is 0.357 e. The number of H-pyrrole nitrogens is 1. The number of rotatable bonds is 7. The first-order valence-electron chi connectivity index (χ1n) is 9.21. The van der Waals surface area contributed by atoms with Crippen LogP contribution in [0.5, 0.6) is 0 Å². The number of hydrogen-bond acceptors (Lipinski definition) is 7. The molecule has 1 fully saturated rings. The Labute approximate surface area is 173 Å². The summed E-state index contributed by atoms with van der Waals surface area (Å²) in [4.78, 5) is 34.0. The normalized spacial score (nSPS) is 19.6. The molecule has 0 aromatic carbocycles. The van der Waals surface area contributed by atoms with Crippen LogP contribution in [0.3, 0.4) is 0 Å². The molecule has 28 heavy (non-hydrogen) atoms. The molecule has 1 saturated heterocycles. The van der Waals surface area contributed by atoms with Crippen LogP contribution in [0, 0.1) is 12.8 Å². The van der Waals surface area contributed by atoms with Gasteiger partial charge in [0.15, 0.2) is 16.6 Å². The van der Waals surface area contributed by atoms with Gasteiger partial charge in [-0.1, -0.05) is 11.6 Å². The third kappa shape index (κ3) is 4.56. The number of aryl methyl sites for hydroxylation is 1. The summed E-state index contributed by atoms with van der Waals surface area (Å²) in [6.07, 6.45) is 1.10. The number of Topliss-reactive ketones (excluding diaryl/α,β-unsaturated/α-hetero) is 1. The van der Waals surface area contributed by atoms with Gasteiger partial charge in [0.2, 0.25) is 0 Å². The van der Waals surface area contributed by atoms with Gasteiger partial charge in [-0.25, -0.2) is 9.78 Å². The molecule has 152 valence electrons. The number of halogens is 1. The zero-order valence-corrected chi connectivity index (χ0v) is 17.7. The van der Waals surface area contributed by atoms with E-state index in [0.29, 0.717) is 36.0 Å². The van der Waals surface area contributed by atoms with Gasteiger partial charge < -0.3 is 19.4 Å². The van der Waals surface area contributed by atoms with Crippen LogP contribution in [0.1, 0.15) is 46.4 Å². The summed E-state index contributed by atoms with van der Waals surface area (Å²) in [6, 6.07) is 1.68. The van der Waals surface area contributed by atoms with Crippen molar-refractivity contribution < 1.29 is 19.1 Å². The molecular weight excluding hydrogens is 402 g/mol. The van der Waals surface area contributed by atoms with Crippen molar-refractivity contribution in [1.29, 1.82) is 0 Å². The fraction of sp³-hybridized carbons (Fsp3) is 0.526. The summed E-state index contributed by atoms with van der Waals surface area (Å²) in [6.45, 7) is 5.30. The number of aromatic nitrogens is 2. The molecule has 1 N–H and O–H groups in total. The second kappa shape index (κ2) is 9.07. The van der Waals surface area contributed by atoms with E-state index in [-0.39, 0.29) is 17.8 Å². The van der Waals surface area contributed by atoms with Gasteiger partial charge in [-0.3, -0.25) is 4.79 Å². The van der Waals surface area contributed by atoms with Crippen LogP contribution < -0.4 is 4.90 Å². The Balaban J connectivity index is 1.63. The number of piperidine rings is 1. The standard InChI is InChI=1S/C19H24ClN3O4S/c1-4-27-18(25)15-10-28-19(22-15)23-6-5-12(17(9-23)26-3)7-16(24)14-8-13(20)11(2)21-14/h8,10,12,17,21H,4-7,9H2,1-3H3. The molecule has 2 aromatic heterocycles. The molecule has 2 aromatic rings. The first-order chi connectivity index (χ1) is 13.4. The van der Waals surface area contributed by atoms with Crippen LogP contribution in [-0.2, 0) is 9.47 Å². The van der Waals surface area contributed by atoms with Gasteiger partial charge in [0, 0.05) is 37.7 Å². The molecule has 0 amide bonds. The molecule has 9 heteroatoms. The molecule has 0 aliphatic carbocycles. The average molecular weight is 426 g/mol. The van der Waals surface area contributed by atoms with E-state index < -0.39 is 5.97 Å². The van der Waals surface area contributed by atoms with Gasteiger partial charge in [0.05, 0.1) is 23.4 Å². The third-order valence-corrected chi connectivity index (χ3v) is 6.24. The molecule has 2 unspecified atom stereocenters. The molecule has 1 aliphatic rings. The minimum Gasteiger partial charge on any atom is -0.461 e. The van der Waals surface area contributed by atoms with E-state index in [4.69, 9.17) is 21.1 Å². The van der Waals surface area contributed by atoms with Gasteiger partial charge >= 0.3 is 5.97 Å². The zero-order valence-electron chi connectivity index (χ0n) is 16.2. The van der Waals surface area contributed by atoms with Crippen molar-refractivity contribution in [1.82, 2.24) is 9.97 Å². The first kappa shape index (κ1) is 20.8. The summed E-state index contributed by atoms with van der Waals surface area (Å²) in [5.41, 5.74) is 1.66. The molecule has 3 heterocycles. The lowest BCUT2D eigenvalue weighted by Gasteiger charge is -2.37. The van der Waals surface area contributed by atoms with Gasteiger partial charge in [-0.2, -0.15) is 0 Å². The van der Waals surface area contributed by atoms with Crippen molar-refractivity contribution in [2.75, 3.05) is 31.7 Å². The average Bonchev–Trinajstić information content (AvgIpc) is 3.30. The lowest BCUT2D eigenvalue weighted by molar-refractivity contribution is 0.0374. The molecule has 0 spiro atoms. The van der Waals surface area contributed by atoms with Crippen molar-refractivity contribution in [3.05, 3.63) is 33.6 Å². The number of carbonyl (C=O) groups is 2. The van der Waals surface area contributed by atoms with Gasteiger partial charge in [0.1, 0.15) is 0 Å². The highest BCUT2D eigenvalue weighted by molar-refractivity contribution is 7.13. The van der Waals surface area contributed by atoms with E-state index in [0.717, 1.165) is 23.8 Å². The maximum absolute atomic E-state index is 12.6. The Morgan fingerprint density at radius 3 is 2.89 bits per heavy atom. The van der Waals surface area contributed by atoms with E-state index in [1.807, 2.05) is 6.92 Å². The van der Waals surface area contributed by atoms with Crippen LogP contribution in [0.2, 0.25) is 5.02 Å². The van der Waals surface area contributed by atoms with E-state index in [1.54, 1.807) is 25.5 Å². The fourth-order valence-corrected chi connectivity index (χ4v) is 4.37. The van der Waals surface area contributed by atoms with Gasteiger partial charge in [-0.05, 0) is 32.3 Å². The number of anilines is 1. The Kier molecular flexibility index (Phi) is 6.74. The maximum Gasteiger partial charge on any atom is 0.357 e. The highest BCUT2D eigenvalue weighted by atomic mass is 35.5. The number of methoxy groups -OCH3 is 1. The predicted octanol–water partition coefficient (Wildman–Crippen LogP) is 3.72. The molecule has 0 bridgehead atoms. The van der Waals surface area contributed by atoms with E-state index >= 15 is 0 Å². The quantitative estimate of drug-likeness (QED) is 0.537. The number of ether oxygens (including phenoxy) is 2. The lowest BCUT2D eigenvalue weighted by atomic mass is 9.88. The summed E-state index contributed by atoms with van der Waals surface area (Å²) < 4.78 is 10.7. The van der Waals surface area contributed by atoms with Crippen LogP contribution in [0.25, 0.3) is 0 Å². The monoisotopic (exact) mass is 425 g/mol. The first-order valence-corrected chi connectivity index (χ1v) is 10.5. The number of nitrogens with zero attached hydrogens (tertiary/aromatic N) is 2.